The molecule has 130 valence electrons. The van der Waals surface area contributed by atoms with Gasteiger partial charge in [0.25, 0.3) is 5.91 Å². The van der Waals surface area contributed by atoms with Crippen molar-refractivity contribution in [1.82, 2.24) is 10.2 Å². The number of carbonyl (C=O) groups is 2. The number of hydrogen-bond donors (Lipinski definition) is 2. The summed E-state index contributed by atoms with van der Waals surface area (Å²) in [7, 11) is 0. The Hall–Kier alpha value is -1.88. The average Bonchev–Trinajstić information content (AvgIpc) is 2.64. The van der Waals surface area contributed by atoms with Crippen molar-refractivity contribution in [1.29, 1.82) is 0 Å². The summed E-state index contributed by atoms with van der Waals surface area (Å²) in [4.78, 5) is 27.0. The van der Waals surface area contributed by atoms with Crippen LogP contribution >= 0.6 is 0 Å². The van der Waals surface area contributed by atoms with Crippen molar-refractivity contribution >= 4 is 11.8 Å². The van der Waals surface area contributed by atoms with Crippen LogP contribution < -0.4 is 11.1 Å². The van der Waals surface area contributed by atoms with E-state index in [-0.39, 0.29) is 29.8 Å². The van der Waals surface area contributed by atoms with Gasteiger partial charge in [-0.25, -0.2) is 0 Å². The molecule has 1 aliphatic heterocycles. The largest absolute Gasteiger partial charge is 0.353 e. The molecule has 5 nitrogen and oxygen atoms in total. The van der Waals surface area contributed by atoms with Gasteiger partial charge < -0.3 is 16.0 Å². The number of carbonyl (C=O) groups excluding carboxylic acids is 2. The third-order valence-electron chi connectivity index (χ3n) is 5.22. The van der Waals surface area contributed by atoms with Crippen LogP contribution in [0.1, 0.15) is 48.9 Å². The van der Waals surface area contributed by atoms with Gasteiger partial charge >= 0.3 is 0 Å². The van der Waals surface area contributed by atoms with Crippen LogP contribution in [0.3, 0.4) is 0 Å². The molecule has 1 aliphatic carbocycles. The Morgan fingerprint density at radius 1 is 1.04 bits per heavy atom. The first-order chi connectivity index (χ1) is 11.6. The van der Waals surface area contributed by atoms with E-state index < -0.39 is 0 Å². The Bertz CT molecular complexity index is 567. The van der Waals surface area contributed by atoms with E-state index in [1.54, 1.807) is 0 Å². The van der Waals surface area contributed by atoms with Gasteiger partial charge in [0.05, 0.1) is 5.92 Å². The molecule has 1 heterocycles. The fourth-order valence-electron chi connectivity index (χ4n) is 3.72. The molecule has 2 amide bonds. The lowest BCUT2D eigenvalue weighted by molar-refractivity contribution is -0.127. The maximum absolute atomic E-state index is 12.6. The smallest absolute Gasteiger partial charge is 0.253 e. The van der Waals surface area contributed by atoms with E-state index in [9.17, 15) is 9.59 Å². The lowest BCUT2D eigenvalue weighted by Crippen LogP contribution is -2.48. The first-order valence-corrected chi connectivity index (χ1v) is 9.04. The summed E-state index contributed by atoms with van der Waals surface area (Å²) in [5.74, 6) is 0.0276. The van der Waals surface area contributed by atoms with Crippen molar-refractivity contribution < 1.29 is 9.59 Å². The van der Waals surface area contributed by atoms with E-state index in [4.69, 9.17) is 5.73 Å². The molecule has 0 spiro atoms. The molecule has 0 radical (unpaired) electrons. The normalized spacial score (nSPS) is 27.5. The molecule has 24 heavy (non-hydrogen) atoms. The summed E-state index contributed by atoms with van der Waals surface area (Å²) in [5.41, 5.74) is 6.61. The highest BCUT2D eigenvalue weighted by atomic mass is 16.2. The minimum atomic E-state index is -0.0954. The molecule has 0 bridgehead atoms. The highest BCUT2D eigenvalue weighted by Crippen LogP contribution is 2.21. The zero-order valence-electron chi connectivity index (χ0n) is 14.1. The van der Waals surface area contributed by atoms with E-state index in [2.05, 4.69) is 5.32 Å². The van der Waals surface area contributed by atoms with Crippen LogP contribution in [-0.4, -0.2) is 41.9 Å². The molecular formula is C19H27N3O2. The van der Waals surface area contributed by atoms with Gasteiger partial charge in [-0.2, -0.15) is 0 Å². The summed E-state index contributed by atoms with van der Waals surface area (Å²) in [6, 6.07) is 9.84. The number of amides is 2. The maximum Gasteiger partial charge on any atom is 0.253 e. The Kier molecular flexibility index (Phi) is 5.51. The Morgan fingerprint density at radius 2 is 1.75 bits per heavy atom. The van der Waals surface area contributed by atoms with Crippen LogP contribution in [0.4, 0.5) is 0 Å². The van der Waals surface area contributed by atoms with E-state index in [1.165, 1.54) is 0 Å². The van der Waals surface area contributed by atoms with Gasteiger partial charge in [0.1, 0.15) is 0 Å². The molecule has 1 unspecified atom stereocenters. The second kappa shape index (κ2) is 7.79. The fourth-order valence-corrected chi connectivity index (χ4v) is 3.72. The third-order valence-corrected chi connectivity index (χ3v) is 5.22. The van der Waals surface area contributed by atoms with Crippen molar-refractivity contribution in [3.63, 3.8) is 0 Å². The molecule has 2 aliphatic rings. The predicted octanol–water partition coefficient (Wildman–Crippen LogP) is 1.92. The van der Waals surface area contributed by atoms with E-state index in [0.29, 0.717) is 12.1 Å². The number of rotatable bonds is 3. The van der Waals surface area contributed by atoms with Crippen LogP contribution in [0.5, 0.6) is 0 Å². The topological polar surface area (TPSA) is 75.4 Å². The Balaban J connectivity index is 1.55. The highest BCUT2D eigenvalue weighted by molar-refractivity contribution is 5.94. The fraction of sp³-hybridized carbons (Fsp3) is 0.579. The van der Waals surface area contributed by atoms with Gasteiger partial charge in [0.15, 0.2) is 0 Å². The third kappa shape index (κ3) is 4.15. The summed E-state index contributed by atoms with van der Waals surface area (Å²) in [6.45, 7) is 1.25. The van der Waals surface area contributed by atoms with Gasteiger partial charge in [-0.05, 0) is 50.7 Å². The highest BCUT2D eigenvalue weighted by Gasteiger charge is 2.30. The maximum atomic E-state index is 12.6. The van der Waals surface area contributed by atoms with Gasteiger partial charge in [0, 0.05) is 30.7 Å². The SMILES string of the molecule is NC1CCC(NC(=O)C2CCCN(C(=O)c3ccccc3)C2)CC1. The van der Waals surface area contributed by atoms with E-state index in [1.807, 2.05) is 35.2 Å². The first kappa shape index (κ1) is 17.0. The molecule has 1 atom stereocenters. The lowest BCUT2D eigenvalue weighted by Gasteiger charge is -2.34. The summed E-state index contributed by atoms with van der Waals surface area (Å²) >= 11 is 0. The zero-order valence-corrected chi connectivity index (χ0v) is 14.1. The van der Waals surface area contributed by atoms with E-state index in [0.717, 1.165) is 45.1 Å². The average molecular weight is 329 g/mol. The number of nitrogens with zero attached hydrogens (tertiary/aromatic N) is 1. The van der Waals surface area contributed by atoms with Crippen molar-refractivity contribution in [3.8, 4) is 0 Å². The molecule has 3 N–H and O–H groups in total. The molecule has 1 saturated carbocycles. The predicted molar refractivity (Wildman–Crippen MR) is 93.4 cm³/mol. The number of nitrogens with one attached hydrogen (secondary N) is 1. The Morgan fingerprint density at radius 3 is 2.46 bits per heavy atom. The molecule has 5 heteroatoms. The second-order valence-corrected chi connectivity index (χ2v) is 7.08. The number of likely N-dealkylation sites (tertiary alicyclic amines) is 1. The molecule has 0 aromatic heterocycles. The van der Waals surface area contributed by atoms with Crippen molar-refractivity contribution in [3.05, 3.63) is 35.9 Å². The van der Waals surface area contributed by atoms with Gasteiger partial charge in [0.2, 0.25) is 5.91 Å². The van der Waals surface area contributed by atoms with Crippen LogP contribution in [0.2, 0.25) is 0 Å². The molecule has 1 saturated heterocycles. The molecule has 2 fully saturated rings. The van der Waals surface area contributed by atoms with Gasteiger partial charge in [-0.3, -0.25) is 9.59 Å². The van der Waals surface area contributed by atoms with Gasteiger partial charge in [-0.1, -0.05) is 18.2 Å². The lowest BCUT2D eigenvalue weighted by atomic mass is 9.90. The molecule has 1 aromatic carbocycles. The molecular weight excluding hydrogens is 302 g/mol. The van der Waals surface area contributed by atoms with E-state index >= 15 is 0 Å². The minimum Gasteiger partial charge on any atom is -0.353 e. The van der Waals surface area contributed by atoms with Crippen LogP contribution in [-0.2, 0) is 4.79 Å². The van der Waals surface area contributed by atoms with Gasteiger partial charge in [-0.15, -0.1) is 0 Å². The first-order valence-electron chi connectivity index (χ1n) is 9.04. The quantitative estimate of drug-likeness (QED) is 0.890. The molecule has 1 aromatic rings. The van der Waals surface area contributed by atoms with Crippen LogP contribution in [0, 0.1) is 5.92 Å². The minimum absolute atomic E-state index is 0.0248. The number of benzene rings is 1. The standard InChI is InChI=1S/C19H27N3O2/c20-16-8-10-17(11-9-16)21-18(23)15-7-4-12-22(13-15)19(24)14-5-2-1-3-6-14/h1-3,5-6,15-17H,4,7-13,20H2,(H,21,23). The van der Waals surface area contributed by atoms with Crippen molar-refractivity contribution in [2.45, 2.75) is 50.6 Å². The van der Waals surface area contributed by atoms with Crippen LogP contribution in [0.15, 0.2) is 30.3 Å². The number of hydrogen-bond acceptors (Lipinski definition) is 3. The number of piperidine rings is 1. The summed E-state index contributed by atoms with van der Waals surface area (Å²) in [5, 5.41) is 3.18. The Labute approximate surface area is 143 Å². The van der Waals surface area contributed by atoms with Crippen LogP contribution in [0.25, 0.3) is 0 Å². The summed E-state index contributed by atoms with van der Waals surface area (Å²) in [6.07, 6.45) is 5.63. The van der Waals surface area contributed by atoms with Crippen molar-refractivity contribution in [2.24, 2.45) is 11.7 Å². The monoisotopic (exact) mass is 329 g/mol. The second-order valence-electron chi connectivity index (χ2n) is 7.08. The summed E-state index contributed by atoms with van der Waals surface area (Å²) < 4.78 is 0. The molecule has 3 rings (SSSR count). The zero-order chi connectivity index (χ0) is 16.9. The van der Waals surface area contributed by atoms with Crippen molar-refractivity contribution in [2.75, 3.05) is 13.1 Å². The number of nitrogens with two attached hydrogens (primary N) is 1.